The van der Waals surface area contributed by atoms with Gasteiger partial charge in [0.1, 0.15) is 12.4 Å². The van der Waals surface area contributed by atoms with E-state index in [0.29, 0.717) is 31.5 Å². The lowest BCUT2D eigenvalue weighted by atomic mass is 9.83. The third-order valence-corrected chi connectivity index (χ3v) is 14.9. The van der Waals surface area contributed by atoms with E-state index in [-0.39, 0.29) is 117 Å². The van der Waals surface area contributed by atoms with Gasteiger partial charge in [-0.15, -0.1) is 0 Å². The maximum absolute atomic E-state index is 14.5. The van der Waals surface area contributed by atoms with Crippen LogP contribution in [0.2, 0.25) is 0 Å². The van der Waals surface area contributed by atoms with Crippen LogP contribution in [-0.2, 0) is 65.6 Å². The highest BCUT2D eigenvalue weighted by molar-refractivity contribution is 5.95. The lowest BCUT2D eigenvalue weighted by Gasteiger charge is -2.41. The van der Waals surface area contributed by atoms with Gasteiger partial charge in [0.2, 0.25) is 23.6 Å². The molecule has 0 unspecified atom stereocenters. The predicted octanol–water partition coefficient (Wildman–Crippen LogP) is 7.03. The van der Waals surface area contributed by atoms with Gasteiger partial charge in [0.05, 0.1) is 55.3 Å². The second kappa shape index (κ2) is 31.6. The van der Waals surface area contributed by atoms with Gasteiger partial charge in [-0.25, -0.2) is 0 Å². The number of carboxylic acids is 1. The number of hydrogen-bond acceptors (Lipinski definition) is 12. The Hall–Kier alpha value is -5.36. The molecule has 1 aliphatic rings. The second-order valence-electron chi connectivity index (χ2n) is 21.5. The van der Waals surface area contributed by atoms with Gasteiger partial charge in [0.25, 0.3) is 0 Å². The van der Waals surface area contributed by atoms with Gasteiger partial charge in [0.15, 0.2) is 11.6 Å². The summed E-state index contributed by atoms with van der Waals surface area (Å²) in [6.45, 7) is 15.6. The van der Waals surface area contributed by atoms with E-state index in [2.05, 4.69) is 10.6 Å². The number of ether oxygens (including phenoxy) is 3. The number of nitrogens with one attached hydrogen (secondary N) is 2. The van der Waals surface area contributed by atoms with Crippen LogP contribution in [0.15, 0.2) is 54.6 Å². The molecule has 1 aliphatic heterocycles. The van der Waals surface area contributed by atoms with Crippen molar-refractivity contribution < 1.29 is 57.7 Å². The molecule has 10 atom stereocenters. The summed E-state index contributed by atoms with van der Waals surface area (Å²) in [5.41, 5.74) is 2.08. The van der Waals surface area contributed by atoms with Crippen molar-refractivity contribution in [3.63, 3.8) is 0 Å². The molecule has 17 heteroatoms. The van der Waals surface area contributed by atoms with E-state index in [1.54, 1.807) is 62.1 Å². The van der Waals surface area contributed by atoms with Crippen molar-refractivity contribution in [2.45, 2.75) is 163 Å². The topological polar surface area (TPSA) is 218 Å². The van der Waals surface area contributed by atoms with Gasteiger partial charge in [-0.1, -0.05) is 104 Å². The summed E-state index contributed by atoms with van der Waals surface area (Å²) in [5, 5.41) is 14.6. The van der Waals surface area contributed by atoms with Crippen LogP contribution >= 0.6 is 0 Å². The molecular formula is C58H89N5O12. The molecular weight excluding hydrogens is 959 g/mol. The molecule has 3 rings (SSSR count). The monoisotopic (exact) mass is 1050 g/mol. The van der Waals surface area contributed by atoms with Crippen LogP contribution in [-0.4, -0.2) is 152 Å². The fourth-order valence-electron chi connectivity index (χ4n) is 10.5. The van der Waals surface area contributed by atoms with Crippen LogP contribution in [0.1, 0.15) is 124 Å². The Morgan fingerprint density at radius 2 is 1.43 bits per heavy atom. The molecule has 418 valence electrons. The maximum atomic E-state index is 14.5. The molecule has 1 fully saturated rings. The predicted molar refractivity (Wildman–Crippen MR) is 288 cm³/mol. The zero-order chi connectivity index (χ0) is 56.1. The van der Waals surface area contributed by atoms with E-state index in [0.717, 1.165) is 11.1 Å². The van der Waals surface area contributed by atoms with Gasteiger partial charge in [0, 0.05) is 71.0 Å². The number of hydrogen-bond donors (Lipinski definition) is 3. The van der Waals surface area contributed by atoms with E-state index < -0.39 is 60.0 Å². The molecule has 17 nitrogen and oxygen atoms in total. The Morgan fingerprint density at radius 3 is 1.99 bits per heavy atom. The fraction of sp³-hybridized carbons (Fsp3) is 0.655. The van der Waals surface area contributed by atoms with Gasteiger partial charge in [-0.3, -0.25) is 43.3 Å². The third-order valence-electron chi connectivity index (χ3n) is 14.9. The molecule has 2 aromatic carbocycles. The first kappa shape index (κ1) is 63.9. The lowest BCUT2D eigenvalue weighted by molar-refractivity contribution is -0.149. The zero-order valence-corrected chi connectivity index (χ0v) is 47.1. The summed E-state index contributed by atoms with van der Waals surface area (Å²) in [4.78, 5) is 112. The molecule has 0 aromatic heterocycles. The van der Waals surface area contributed by atoms with Crippen molar-refractivity contribution >= 4 is 52.6 Å². The average molecular weight is 1050 g/mol. The van der Waals surface area contributed by atoms with Gasteiger partial charge in [-0.05, 0) is 80.8 Å². The molecule has 75 heavy (non-hydrogen) atoms. The minimum absolute atomic E-state index is 0.00577. The normalized spacial score (nSPS) is 17.3. The number of ketones is 3. The standard InChI is InChI=1S/C58H89N5O12/c1-14-38(6)54(62(11)58(72)45(36(2)3)32-48(65)53(37(4)5)61(9)10)50(73-12)33-51(67)63-29-19-23-47(63)55(74-13)40(8)57(71)60-46(31-41-20-16-15-17-21-41)49(66)35-75-34-42-25-27-43(28-26-42)59-56(70)39(7)30-44(64)22-18-24-52(68)69/h15-17,20-21,25-28,36-40,45-47,50,53-55H,14,18-19,22-24,29-35H2,1-13H3,(H,59,70)(H,60,71)(H,68,69)/t38-,39-,40+,45-,46-,47-,50+,53-,54-,55+/m0/s1. The highest BCUT2D eigenvalue weighted by atomic mass is 16.5. The van der Waals surface area contributed by atoms with Crippen molar-refractivity contribution in [2.24, 2.45) is 35.5 Å². The fourth-order valence-corrected chi connectivity index (χ4v) is 10.5. The molecule has 1 heterocycles. The molecule has 0 aliphatic carbocycles. The second-order valence-corrected chi connectivity index (χ2v) is 21.5. The number of likely N-dealkylation sites (tertiary alicyclic amines) is 1. The van der Waals surface area contributed by atoms with E-state index in [9.17, 15) is 38.4 Å². The summed E-state index contributed by atoms with van der Waals surface area (Å²) in [7, 11) is 8.58. The summed E-state index contributed by atoms with van der Waals surface area (Å²) >= 11 is 0. The SMILES string of the molecule is CC[C@H](C)[C@@H]([C@@H](CC(=O)N1CCC[C@H]1[C@H](OC)[C@@H](C)C(=O)N[C@@H](Cc1ccccc1)C(=O)COCc1ccc(NC(=O)[C@@H](C)CC(=O)CCCC(=O)O)cc1)OC)N(C)C(=O)[C@@H](CC(=O)[C@H](C(C)C)N(C)C)C(C)C. The Balaban J connectivity index is 1.71. The maximum Gasteiger partial charge on any atom is 0.303 e. The third kappa shape index (κ3) is 19.6. The van der Waals surface area contributed by atoms with Gasteiger partial charge >= 0.3 is 5.97 Å². The minimum atomic E-state index is -0.971. The highest BCUT2D eigenvalue weighted by Gasteiger charge is 2.43. The van der Waals surface area contributed by atoms with E-state index >= 15 is 0 Å². The first-order valence-corrected chi connectivity index (χ1v) is 26.8. The van der Waals surface area contributed by atoms with E-state index in [1.807, 2.05) is 90.9 Å². The number of rotatable bonds is 34. The first-order chi connectivity index (χ1) is 35.4. The molecule has 3 N–H and O–H groups in total. The Kier molecular flexibility index (Phi) is 27.0. The number of benzene rings is 2. The van der Waals surface area contributed by atoms with Crippen LogP contribution in [0.3, 0.4) is 0 Å². The summed E-state index contributed by atoms with van der Waals surface area (Å²) < 4.78 is 18.0. The number of amides is 4. The molecule has 4 amide bonds. The Labute approximate surface area is 446 Å². The number of anilines is 1. The van der Waals surface area contributed by atoms with Crippen molar-refractivity contribution in [3.8, 4) is 0 Å². The number of carboxylic acid groups (broad SMARTS) is 1. The van der Waals surface area contributed by atoms with Crippen molar-refractivity contribution in [3.05, 3.63) is 65.7 Å². The average Bonchev–Trinajstić information content (AvgIpc) is 3.85. The van der Waals surface area contributed by atoms with Crippen LogP contribution in [0, 0.1) is 35.5 Å². The minimum Gasteiger partial charge on any atom is -0.481 e. The number of aliphatic carboxylic acids is 1. The number of likely N-dealkylation sites (N-methyl/N-ethyl adjacent to an activating group) is 2. The van der Waals surface area contributed by atoms with Crippen LogP contribution in [0.4, 0.5) is 5.69 Å². The molecule has 0 bridgehead atoms. The number of Topliss-reactive ketones (excluding diaryl/α,β-unsaturated/α-hetero) is 3. The van der Waals surface area contributed by atoms with Crippen LogP contribution in [0.5, 0.6) is 0 Å². The van der Waals surface area contributed by atoms with Gasteiger partial charge in [-0.2, -0.15) is 0 Å². The van der Waals surface area contributed by atoms with Crippen molar-refractivity contribution in [2.75, 3.05) is 53.8 Å². The lowest BCUT2D eigenvalue weighted by Crippen LogP contribution is -2.55. The number of methoxy groups -OCH3 is 2. The van der Waals surface area contributed by atoms with Crippen molar-refractivity contribution in [1.82, 2.24) is 20.0 Å². The summed E-state index contributed by atoms with van der Waals surface area (Å²) in [6, 6.07) is 14.0. The number of carbonyl (C=O) groups is 8. The summed E-state index contributed by atoms with van der Waals surface area (Å²) in [5.74, 6) is -4.59. The van der Waals surface area contributed by atoms with Crippen LogP contribution in [0.25, 0.3) is 0 Å². The molecule has 2 aromatic rings. The Bertz CT molecular complexity index is 2160. The molecule has 1 saturated heterocycles. The number of nitrogens with zero attached hydrogens (tertiary/aromatic N) is 3. The smallest absolute Gasteiger partial charge is 0.303 e. The molecule has 0 saturated carbocycles. The largest absolute Gasteiger partial charge is 0.481 e. The van der Waals surface area contributed by atoms with Gasteiger partial charge < -0.3 is 39.8 Å². The molecule has 0 spiro atoms. The summed E-state index contributed by atoms with van der Waals surface area (Å²) in [6.07, 6.45) is 1.14. The first-order valence-electron chi connectivity index (χ1n) is 26.8. The van der Waals surface area contributed by atoms with Crippen LogP contribution < -0.4 is 10.6 Å². The molecule has 0 radical (unpaired) electrons. The quantitative estimate of drug-likeness (QED) is 0.0643. The number of carbonyl (C=O) groups excluding carboxylic acids is 7. The van der Waals surface area contributed by atoms with Crippen molar-refractivity contribution in [1.29, 1.82) is 0 Å². The Morgan fingerprint density at radius 1 is 0.773 bits per heavy atom. The van der Waals surface area contributed by atoms with E-state index in [4.69, 9.17) is 19.3 Å². The highest BCUT2D eigenvalue weighted by Crippen LogP contribution is 2.31. The zero-order valence-electron chi connectivity index (χ0n) is 47.1. The van der Waals surface area contributed by atoms with E-state index in [1.165, 1.54) is 7.11 Å².